The van der Waals surface area contributed by atoms with Gasteiger partial charge < -0.3 is 0 Å². The molecule has 4 heteroatoms. The molecule has 0 aromatic heterocycles. The van der Waals surface area contributed by atoms with Gasteiger partial charge in [-0.1, -0.05) is 12.1 Å². The molecule has 0 atom stereocenters. The van der Waals surface area contributed by atoms with Gasteiger partial charge >= 0.3 is 35.0 Å². The molecular weight excluding hydrogens is 500 g/mol. The molecule has 0 nitrogen and oxygen atoms in total. The number of halogens is 2. The van der Waals surface area contributed by atoms with Gasteiger partial charge in [0.05, 0.1) is 0 Å². The molecule has 0 aliphatic rings. The van der Waals surface area contributed by atoms with Gasteiger partial charge in [-0.05, 0) is 0 Å². The molecule has 0 spiro atoms. The third-order valence-electron chi connectivity index (χ3n) is 2.22. The molecule has 2 rings (SSSR count). The number of benzene rings is 2. The third-order valence-corrected chi connectivity index (χ3v) is 2.22. The fraction of sp³-hybridized carbons (Fsp3) is 0. The molecule has 2 aromatic rings. The summed E-state index contributed by atoms with van der Waals surface area (Å²) in [7, 11) is 8.52. The van der Waals surface area contributed by atoms with Crippen molar-refractivity contribution in [1.29, 1.82) is 0 Å². The van der Waals surface area contributed by atoms with Gasteiger partial charge in [-0.3, -0.25) is 0 Å². The second kappa shape index (κ2) is 18.6. The van der Waals surface area contributed by atoms with Crippen molar-refractivity contribution in [2.75, 3.05) is 0 Å². The molecule has 0 aliphatic heterocycles. The van der Waals surface area contributed by atoms with Gasteiger partial charge in [0.2, 0.25) is 0 Å². The molecule has 22 heavy (non-hydrogen) atoms. The van der Waals surface area contributed by atoms with E-state index in [0.29, 0.717) is 0 Å². The zero-order valence-electron chi connectivity index (χ0n) is 11.9. The first-order chi connectivity index (χ1) is 10.3. The molecular formula is C18H20Cl2Pd2. The smallest absolute Gasteiger partial charge is 0 e. The van der Waals surface area contributed by atoms with E-state index in [1.165, 1.54) is 11.1 Å². The maximum absolute atomic E-state index is 4.26. The van der Waals surface area contributed by atoms with E-state index in [0.717, 1.165) is 0 Å². The Morgan fingerprint density at radius 1 is 0.727 bits per heavy atom. The Morgan fingerprint density at radius 2 is 1.00 bits per heavy atom. The van der Waals surface area contributed by atoms with Gasteiger partial charge in [0.25, 0.3) is 0 Å². The van der Waals surface area contributed by atoms with E-state index in [2.05, 4.69) is 32.2 Å². The van der Waals surface area contributed by atoms with Crippen molar-refractivity contribution in [3.8, 4) is 0 Å². The van der Waals surface area contributed by atoms with Crippen LogP contribution in [0.5, 0.6) is 0 Å². The number of hydrogen-bond donors (Lipinski definition) is 0. The second-order valence-electron chi connectivity index (χ2n) is 3.68. The maximum atomic E-state index is 4.26. The summed E-state index contributed by atoms with van der Waals surface area (Å²) in [6, 6.07) is 20.2. The number of rotatable bonds is 4. The van der Waals surface area contributed by atoms with E-state index in [1.807, 2.05) is 73.5 Å². The van der Waals surface area contributed by atoms with Gasteiger partial charge in [-0.25, -0.2) is 0 Å². The zero-order chi connectivity index (χ0) is 15.8. The molecule has 0 bridgehead atoms. The topological polar surface area (TPSA) is 0 Å². The van der Waals surface area contributed by atoms with Gasteiger partial charge in [0.1, 0.15) is 0 Å². The summed E-state index contributed by atoms with van der Waals surface area (Å²) < 4.78 is 0. The van der Waals surface area contributed by atoms with E-state index < -0.39 is 0 Å². The van der Waals surface area contributed by atoms with Crippen LogP contribution in [0.2, 0.25) is 0 Å². The largest absolute Gasteiger partial charge is 0 e. The van der Waals surface area contributed by atoms with Crippen LogP contribution in [0.3, 0.4) is 0 Å². The van der Waals surface area contributed by atoms with Crippen LogP contribution >= 0.6 is 0 Å². The Balaban J connectivity index is 0. The molecule has 0 heterocycles. The molecule has 0 radical (unpaired) electrons. The Labute approximate surface area is 164 Å². The molecule has 0 saturated heterocycles. The minimum absolute atomic E-state index is 0. The quantitative estimate of drug-likeness (QED) is 0.417. The van der Waals surface area contributed by atoms with Crippen molar-refractivity contribution in [3.05, 3.63) is 110 Å². The normalized spacial score (nSPS) is 7.91. The summed E-state index contributed by atoms with van der Waals surface area (Å²) in [5.41, 5.74) is 2.40. The predicted octanol–water partition coefficient (Wildman–Crippen LogP) is 4.31. The first-order valence-electron chi connectivity index (χ1n) is 6.14. The van der Waals surface area contributed by atoms with Gasteiger partial charge in [-0.2, -0.15) is 25.3 Å². The molecule has 0 saturated carbocycles. The number of hydrogen-bond acceptors (Lipinski definition) is 0. The fourth-order valence-corrected chi connectivity index (χ4v) is 1.40. The number of allylic oxidation sites excluding steroid dienone is 2. The van der Waals surface area contributed by atoms with E-state index in [-0.39, 0.29) is 36.4 Å². The maximum Gasteiger partial charge on any atom is 0 e. The van der Waals surface area contributed by atoms with E-state index in [1.54, 1.807) is 12.2 Å². The molecule has 2 aromatic carbocycles. The average molecular weight is 520 g/mol. The Kier molecular flexibility index (Phi) is 20.2. The standard InChI is InChI=1S/2C9H9.2ClH.2Pd/c2*1-2-6-9-7-4-3-5-8-9;;;;/h2*2-8H,1H2;2*1H;;/q2*-1;;;;+2. The van der Waals surface area contributed by atoms with Crippen molar-refractivity contribution in [2.24, 2.45) is 0 Å². The molecule has 126 valence electrons. The van der Waals surface area contributed by atoms with Crippen LogP contribution in [0, 0.1) is 31.9 Å². The summed E-state index contributed by atoms with van der Waals surface area (Å²) in [6.07, 6.45) is 7.52. The van der Waals surface area contributed by atoms with Crippen LogP contribution in [0.4, 0.5) is 0 Å². The van der Waals surface area contributed by atoms with Gasteiger partial charge in [0.15, 0.2) is 0 Å². The van der Waals surface area contributed by atoms with E-state index in [4.69, 9.17) is 0 Å². The van der Waals surface area contributed by atoms with Crippen molar-refractivity contribution < 1.29 is 55.4 Å². The fourth-order valence-electron chi connectivity index (χ4n) is 1.40. The third kappa shape index (κ3) is 14.5. The van der Waals surface area contributed by atoms with Crippen molar-refractivity contribution in [3.63, 3.8) is 0 Å². The first-order valence-corrected chi connectivity index (χ1v) is 10.5. The SMILES string of the molecule is C=C[CH-]c1ccccc1.C=C[CH-]c1ccccc1.[ClH+][Pd][ClH+].[Pd]. The summed E-state index contributed by atoms with van der Waals surface area (Å²) in [4.78, 5) is 0. The van der Waals surface area contributed by atoms with Crippen LogP contribution in [0.25, 0.3) is 0 Å². The van der Waals surface area contributed by atoms with Crippen LogP contribution in [0.15, 0.2) is 86.0 Å². The van der Waals surface area contributed by atoms with Crippen LogP contribution < -0.4 is 0 Å². The summed E-state index contributed by atoms with van der Waals surface area (Å²) in [5, 5.41) is 0. The van der Waals surface area contributed by atoms with Crippen LogP contribution in [-0.4, -0.2) is 0 Å². The first kappa shape index (κ1) is 23.8. The average Bonchev–Trinajstić information content (AvgIpc) is 2.52. The van der Waals surface area contributed by atoms with Gasteiger partial charge in [0, 0.05) is 20.4 Å². The second-order valence-corrected chi connectivity index (χ2v) is 6.43. The molecule has 0 amide bonds. The Hall–Kier alpha value is -0.435. The van der Waals surface area contributed by atoms with E-state index >= 15 is 0 Å². The molecule has 0 fully saturated rings. The van der Waals surface area contributed by atoms with Crippen molar-refractivity contribution in [2.45, 2.75) is 0 Å². The molecule has 0 N–H and O–H groups in total. The zero-order valence-corrected chi connectivity index (χ0v) is 16.7. The Morgan fingerprint density at radius 3 is 1.23 bits per heavy atom. The minimum Gasteiger partial charge on any atom is 0 e. The molecule has 0 unspecified atom stereocenters. The van der Waals surface area contributed by atoms with Crippen LogP contribution in [-0.2, 0) is 36.4 Å². The predicted molar refractivity (Wildman–Crippen MR) is 82.9 cm³/mol. The summed E-state index contributed by atoms with van der Waals surface area (Å²) in [6.45, 7) is 7.20. The summed E-state index contributed by atoms with van der Waals surface area (Å²) >= 11 is 0.117. The molecule has 0 aliphatic carbocycles. The van der Waals surface area contributed by atoms with Crippen molar-refractivity contribution >= 4 is 0 Å². The Bertz CT molecular complexity index is 427. The van der Waals surface area contributed by atoms with Gasteiger partial charge in [-0.15, -0.1) is 72.5 Å². The van der Waals surface area contributed by atoms with Crippen molar-refractivity contribution in [1.82, 2.24) is 0 Å². The monoisotopic (exact) mass is 518 g/mol. The van der Waals surface area contributed by atoms with Crippen LogP contribution in [0.1, 0.15) is 11.1 Å². The summed E-state index contributed by atoms with van der Waals surface area (Å²) in [5.74, 6) is 0. The van der Waals surface area contributed by atoms with E-state index in [9.17, 15) is 0 Å². The minimum atomic E-state index is 0.